The fourth-order valence-electron chi connectivity index (χ4n) is 4.59. The third-order valence-corrected chi connectivity index (χ3v) is 6.27. The van der Waals surface area contributed by atoms with Crippen molar-refractivity contribution in [2.45, 2.75) is 59.1 Å². The van der Waals surface area contributed by atoms with Crippen LogP contribution in [0.3, 0.4) is 0 Å². The molecule has 37 heavy (non-hydrogen) atoms. The second-order valence-electron chi connectivity index (χ2n) is 10.2. The van der Waals surface area contributed by atoms with Gasteiger partial charge in [-0.25, -0.2) is 9.59 Å². The minimum atomic E-state index is -0.695. The molecule has 5 amide bonds. The molecule has 2 aliphatic heterocycles. The lowest BCUT2D eigenvalue weighted by molar-refractivity contribution is -0.120. The average molecular weight is 509 g/mol. The highest BCUT2D eigenvalue weighted by Gasteiger charge is 2.37. The first-order valence-electron chi connectivity index (χ1n) is 12.1. The summed E-state index contributed by atoms with van der Waals surface area (Å²) < 4.78 is 5.47. The lowest BCUT2D eigenvalue weighted by Gasteiger charge is -2.28. The largest absolute Gasteiger partial charge is 0.444 e. The number of nitrogens with zero attached hydrogens (tertiary/aromatic N) is 1. The summed E-state index contributed by atoms with van der Waals surface area (Å²) in [7, 11) is 0. The zero-order valence-electron chi connectivity index (χ0n) is 21.6. The Hall–Kier alpha value is -4.28. The molecule has 196 valence electrons. The van der Waals surface area contributed by atoms with Crippen molar-refractivity contribution in [2.24, 2.45) is 5.73 Å². The van der Waals surface area contributed by atoms with Crippen LogP contribution in [0, 0.1) is 13.8 Å². The number of nitrogens with two attached hydrogens (primary N) is 1. The molecule has 0 aliphatic carbocycles. The molecular weight excluding hydrogens is 476 g/mol. The molecule has 1 aromatic heterocycles. The second-order valence-corrected chi connectivity index (χ2v) is 10.2. The molecule has 4 rings (SSSR count). The fourth-order valence-corrected chi connectivity index (χ4v) is 4.59. The molecule has 1 aromatic carbocycles. The lowest BCUT2D eigenvalue weighted by atomic mass is 10.0. The number of fused-ring (bicyclic) bond motifs is 1. The summed E-state index contributed by atoms with van der Waals surface area (Å²) in [6.45, 7) is 9.50. The van der Waals surface area contributed by atoms with E-state index < -0.39 is 23.8 Å². The van der Waals surface area contributed by atoms with Crippen molar-refractivity contribution in [1.82, 2.24) is 9.88 Å². The van der Waals surface area contributed by atoms with Crippen molar-refractivity contribution in [3.63, 3.8) is 0 Å². The molecule has 1 atom stereocenters. The Bertz CT molecular complexity index is 1320. The van der Waals surface area contributed by atoms with Crippen molar-refractivity contribution in [1.29, 1.82) is 0 Å². The molecule has 6 N–H and O–H groups in total. The molecule has 11 nitrogen and oxygen atoms in total. The number of amides is 5. The summed E-state index contributed by atoms with van der Waals surface area (Å²) in [6, 6.07) is 3.70. The molecule has 11 heteroatoms. The van der Waals surface area contributed by atoms with Gasteiger partial charge in [0.2, 0.25) is 5.91 Å². The predicted molar refractivity (Wildman–Crippen MR) is 141 cm³/mol. The minimum absolute atomic E-state index is 0.286. The van der Waals surface area contributed by atoms with Crippen LogP contribution in [0.25, 0.3) is 11.6 Å². The summed E-state index contributed by atoms with van der Waals surface area (Å²) in [5, 5.41) is 8.24. The number of carbonyl (C=O) groups is 4. The maximum absolute atomic E-state index is 13.2. The molecule has 0 unspecified atom stereocenters. The van der Waals surface area contributed by atoms with Crippen LogP contribution in [-0.2, 0) is 14.3 Å². The van der Waals surface area contributed by atoms with Crippen LogP contribution < -0.4 is 21.7 Å². The number of aromatic nitrogens is 1. The van der Waals surface area contributed by atoms with Gasteiger partial charge in [0.15, 0.2) is 0 Å². The number of carbonyl (C=O) groups excluding carboxylic acids is 4. The van der Waals surface area contributed by atoms with Crippen LogP contribution in [0.2, 0.25) is 0 Å². The van der Waals surface area contributed by atoms with E-state index in [1.807, 2.05) is 13.8 Å². The van der Waals surface area contributed by atoms with Gasteiger partial charge in [0.25, 0.3) is 5.91 Å². The van der Waals surface area contributed by atoms with Crippen LogP contribution in [0.15, 0.2) is 18.2 Å². The van der Waals surface area contributed by atoms with Gasteiger partial charge < -0.3 is 31.4 Å². The Kier molecular flexibility index (Phi) is 6.72. The molecule has 0 saturated carbocycles. The molecule has 2 aromatic rings. The smallest absolute Gasteiger partial charge is 0.410 e. The van der Waals surface area contributed by atoms with E-state index in [-0.39, 0.29) is 11.8 Å². The van der Waals surface area contributed by atoms with Crippen molar-refractivity contribution in [2.75, 3.05) is 22.5 Å². The number of urea groups is 1. The molecule has 0 spiro atoms. The van der Waals surface area contributed by atoms with Crippen molar-refractivity contribution in [3.8, 4) is 0 Å². The highest BCUT2D eigenvalue weighted by atomic mass is 16.6. The number of rotatable bonds is 4. The number of aromatic amines is 1. The van der Waals surface area contributed by atoms with Crippen LogP contribution in [0.1, 0.15) is 56.1 Å². The van der Waals surface area contributed by atoms with Crippen LogP contribution >= 0.6 is 0 Å². The number of H-pyrrole nitrogens is 1. The zero-order chi connectivity index (χ0) is 27.1. The van der Waals surface area contributed by atoms with E-state index in [1.165, 1.54) is 4.90 Å². The average Bonchev–Trinajstić information content (AvgIpc) is 3.45. The molecule has 0 bridgehead atoms. The fraction of sp³-hybridized carbons (Fsp3) is 0.385. The van der Waals surface area contributed by atoms with Gasteiger partial charge in [-0.2, -0.15) is 0 Å². The van der Waals surface area contributed by atoms with Crippen LogP contribution in [0.5, 0.6) is 0 Å². The number of anilines is 3. The number of nitrogens with one attached hydrogen (secondary N) is 4. The van der Waals surface area contributed by atoms with Gasteiger partial charge in [-0.05, 0) is 71.2 Å². The maximum Gasteiger partial charge on any atom is 0.410 e. The second kappa shape index (κ2) is 9.64. The van der Waals surface area contributed by atoms with Gasteiger partial charge in [-0.3, -0.25) is 14.5 Å². The van der Waals surface area contributed by atoms with E-state index in [0.29, 0.717) is 53.3 Å². The summed E-state index contributed by atoms with van der Waals surface area (Å²) >= 11 is 0. The highest BCUT2D eigenvalue weighted by molar-refractivity contribution is 6.35. The van der Waals surface area contributed by atoms with E-state index in [1.54, 1.807) is 45.0 Å². The molecule has 0 radical (unpaired) electrons. The van der Waals surface area contributed by atoms with Gasteiger partial charge in [0.05, 0.1) is 16.9 Å². The number of hydrogen-bond acceptors (Lipinski definition) is 5. The minimum Gasteiger partial charge on any atom is -0.444 e. The highest BCUT2D eigenvalue weighted by Crippen LogP contribution is 2.36. The van der Waals surface area contributed by atoms with Crippen LogP contribution in [0.4, 0.5) is 26.7 Å². The molecule has 3 heterocycles. The summed E-state index contributed by atoms with van der Waals surface area (Å²) in [5.41, 5.74) is 9.41. The Morgan fingerprint density at radius 2 is 1.92 bits per heavy atom. The Balaban J connectivity index is 1.55. The van der Waals surface area contributed by atoms with E-state index in [4.69, 9.17) is 10.5 Å². The van der Waals surface area contributed by atoms with Gasteiger partial charge in [0, 0.05) is 29.2 Å². The summed E-state index contributed by atoms with van der Waals surface area (Å²) in [6.07, 6.45) is 2.49. The van der Waals surface area contributed by atoms with Crippen LogP contribution in [-0.4, -0.2) is 52.0 Å². The maximum atomic E-state index is 13.2. The number of hydrogen-bond donors (Lipinski definition) is 5. The first-order chi connectivity index (χ1) is 17.3. The Morgan fingerprint density at radius 3 is 2.59 bits per heavy atom. The van der Waals surface area contributed by atoms with Gasteiger partial charge >= 0.3 is 12.1 Å². The SMILES string of the molecule is Cc1[nH]c(/C=C2\C(=O)Nc3cc(NC(N)=O)ccc32)c(C)c1NC(=O)[C@@H]1CCCN1C(=O)OC(C)(C)C. The standard InChI is InChI=1S/C26H32N6O5/c1-13-18(12-17-16-9-8-15(29-24(27)35)11-19(16)30-22(17)33)28-14(2)21(13)31-23(34)20-7-6-10-32(20)25(36)37-26(3,4)5/h8-9,11-12,20,28H,6-7,10H2,1-5H3,(H,30,33)(H,31,34)(H3,27,29,35)/b17-12-/t20-/m0/s1. The number of aryl methyl sites for hydroxylation is 1. The topological polar surface area (TPSA) is 159 Å². The van der Waals surface area contributed by atoms with Crippen molar-refractivity contribution in [3.05, 3.63) is 40.7 Å². The van der Waals surface area contributed by atoms with Crippen molar-refractivity contribution >= 4 is 52.6 Å². The molecule has 1 fully saturated rings. The Labute approximate surface area is 214 Å². The van der Waals surface area contributed by atoms with Gasteiger partial charge in [0.1, 0.15) is 11.6 Å². The zero-order valence-corrected chi connectivity index (χ0v) is 21.6. The quantitative estimate of drug-likeness (QED) is 0.395. The molecular formula is C26H32N6O5. The third kappa shape index (κ3) is 5.45. The summed E-state index contributed by atoms with van der Waals surface area (Å²) in [5.74, 6) is -0.575. The molecule has 2 aliphatic rings. The summed E-state index contributed by atoms with van der Waals surface area (Å²) in [4.78, 5) is 54.3. The van der Waals surface area contributed by atoms with Gasteiger partial charge in [-0.1, -0.05) is 6.07 Å². The first-order valence-corrected chi connectivity index (χ1v) is 12.1. The van der Waals surface area contributed by atoms with Crippen molar-refractivity contribution < 1.29 is 23.9 Å². The molecule has 1 saturated heterocycles. The monoisotopic (exact) mass is 508 g/mol. The third-order valence-electron chi connectivity index (χ3n) is 6.27. The first kappa shape index (κ1) is 25.8. The number of likely N-dealkylation sites (tertiary alicyclic amines) is 1. The number of ether oxygens (including phenoxy) is 1. The number of primary amides is 1. The van der Waals surface area contributed by atoms with E-state index in [9.17, 15) is 19.2 Å². The normalized spacial score (nSPS) is 18.0. The predicted octanol–water partition coefficient (Wildman–Crippen LogP) is 3.95. The number of benzene rings is 1. The van der Waals surface area contributed by atoms with E-state index in [2.05, 4.69) is 20.9 Å². The van der Waals surface area contributed by atoms with Gasteiger partial charge in [-0.15, -0.1) is 0 Å². The van der Waals surface area contributed by atoms with E-state index >= 15 is 0 Å². The van der Waals surface area contributed by atoms with E-state index in [0.717, 1.165) is 11.3 Å². The Morgan fingerprint density at radius 1 is 1.19 bits per heavy atom. The lowest BCUT2D eigenvalue weighted by Crippen LogP contribution is -2.45.